The number of aliphatic carboxylic acids is 1. The van der Waals surface area contributed by atoms with Gasteiger partial charge in [-0.1, -0.05) is 24.3 Å². The van der Waals surface area contributed by atoms with Crippen molar-refractivity contribution in [3.63, 3.8) is 0 Å². The number of ether oxygens (including phenoxy) is 3. The third-order valence-corrected chi connectivity index (χ3v) is 5.22. The van der Waals surface area contributed by atoms with Crippen molar-refractivity contribution in [2.45, 2.75) is 52.4 Å². The van der Waals surface area contributed by atoms with Crippen LogP contribution < -0.4 is 10.1 Å². The Balaban J connectivity index is 1.79. The number of hydrogen-bond acceptors (Lipinski definition) is 5. The van der Waals surface area contributed by atoms with Gasteiger partial charge in [-0.2, -0.15) is 0 Å². The van der Waals surface area contributed by atoms with Crippen molar-refractivity contribution in [2.24, 2.45) is 0 Å². The second kappa shape index (κ2) is 15.7. The zero-order chi connectivity index (χ0) is 26.3. The number of halogens is 1. The summed E-state index contributed by atoms with van der Waals surface area (Å²) in [5, 5.41) is 12.1. The maximum absolute atomic E-state index is 13.0. The van der Waals surface area contributed by atoms with Crippen molar-refractivity contribution < 1.29 is 33.3 Å². The summed E-state index contributed by atoms with van der Waals surface area (Å²) >= 11 is 0. The van der Waals surface area contributed by atoms with Gasteiger partial charge in [0.15, 0.2) is 6.10 Å². The zero-order valence-corrected chi connectivity index (χ0v) is 21.2. The van der Waals surface area contributed by atoms with Crippen LogP contribution in [0.4, 0.5) is 9.18 Å². The maximum Gasteiger partial charge on any atom is 0.333 e. The minimum atomic E-state index is -0.988. The van der Waals surface area contributed by atoms with E-state index < -0.39 is 12.1 Å². The molecule has 0 heterocycles. The van der Waals surface area contributed by atoms with Crippen LogP contribution in [0.25, 0.3) is 0 Å². The molecule has 1 unspecified atom stereocenters. The van der Waals surface area contributed by atoms with E-state index in [9.17, 15) is 19.1 Å². The Labute approximate surface area is 212 Å². The molecule has 2 amide bonds. The van der Waals surface area contributed by atoms with E-state index in [4.69, 9.17) is 14.2 Å². The summed E-state index contributed by atoms with van der Waals surface area (Å²) in [7, 11) is 0. The Bertz CT molecular complexity index is 921. The number of carbonyl (C=O) groups is 2. The SMILES string of the molecule is CCOC(Cc1ccc(OCCN(CCCOCc2ccc(F)cc2)C(=O)NC(C)C)cc1)C(=O)O. The third kappa shape index (κ3) is 11.0. The number of benzene rings is 2. The number of nitrogens with zero attached hydrogens (tertiary/aromatic N) is 1. The molecule has 0 aromatic heterocycles. The first-order valence-electron chi connectivity index (χ1n) is 12.2. The van der Waals surface area contributed by atoms with E-state index in [2.05, 4.69) is 5.32 Å². The highest BCUT2D eigenvalue weighted by Crippen LogP contribution is 2.15. The molecule has 2 aromatic carbocycles. The minimum Gasteiger partial charge on any atom is -0.492 e. The first-order chi connectivity index (χ1) is 17.3. The lowest BCUT2D eigenvalue weighted by atomic mass is 10.1. The topological polar surface area (TPSA) is 97.3 Å². The van der Waals surface area contributed by atoms with E-state index in [1.54, 1.807) is 36.1 Å². The van der Waals surface area contributed by atoms with Crippen molar-refractivity contribution in [3.8, 4) is 5.75 Å². The van der Waals surface area contributed by atoms with Crippen LogP contribution in [0.5, 0.6) is 5.75 Å². The monoisotopic (exact) mass is 504 g/mol. The average Bonchev–Trinajstić information content (AvgIpc) is 2.84. The average molecular weight is 505 g/mol. The molecule has 1 atom stereocenters. The fraction of sp³-hybridized carbons (Fsp3) is 0.481. The van der Waals surface area contributed by atoms with E-state index >= 15 is 0 Å². The zero-order valence-electron chi connectivity index (χ0n) is 21.2. The van der Waals surface area contributed by atoms with Crippen molar-refractivity contribution in [2.75, 3.05) is 32.9 Å². The van der Waals surface area contributed by atoms with Gasteiger partial charge in [0, 0.05) is 32.2 Å². The number of nitrogens with one attached hydrogen (secondary N) is 1. The number of carboxylic acid groups (broad SMARTS) is 1. The van der Waals surface area contributed by atoms with Gasteiger partial charge in [0.2, 0.25) is 0 Å². The highest BCUT2D eigenvalue weighted by molar-refractivity contribution is 5.74. The smallest absolute Gasteiger partial charge is 0.333 e. The normalized spacial score (nSPS) is 11.8. The summed E-state index contributed by atoms with van der Waals surface area (Å²) in [5.41, 5.74) is 1.73. The first-order valence-corrected chi connectivity index (χ1v) is 12.2. The van der Waals surface area contributed by atoms with Gasteiger partial charge in [0.1, 0.15) is 18.2 Å². The van der Waals surface area contributed by atoms with Crippen LogP contribution in [-0.4, -0.2) is 67.1 Å². The van der Waals surface area contributed by atoms with Crippen LogP contribution in [0.2, 0.25) is 0 Å². The summed E-state index contributed by atoms with van der Waals surface area (Å²) in [5.74, 6) is -0.635. The quantitative estimate of drug-likeness (QED) is 0.332. The molecule has 9 heteroatoms. The Morgan fingerprint density at radius 2 is 1.67 bits per heavy atom. The van der Waals surface area contributed by atoms with Gasteiger partial charge in [0.05, 0.1) is 13.2 Å². The van der Waals surface area contributed by atoms with Gasteiger partial charge >= 0.3 is 12.0 Å². The highest BCUT2D eigenvalue weighted by Gasteiger charge is 2.18. The number of rotatable bonds is 16. The summed E-state index contributed by atoms with van der Waals surface area (Å²) < 4.78 is 29.7. The second-order valence-corrected chi connectivity index (χ2v) is 8.60. The molecule has 0 aliphatic heterocycles. The van der Waals surface area contributed by atoms with E-state index in [1.165, 1.54) is 12.1 Å². The molecule has 0 saturated heterocycles. The summed E-state index contributed by atoms with van der Waals surface area (Å²) in [6.45, 7) is 7.94. The van der Waals surface area contributed by atoms with Crippen LogP contribution in [0, 0.1) is 5.82 Å². The number of carboxylic acids is 1. The fourth-order valence-electron chi connectivity index (χ4n) is 3.41. The molecule has 0 bridgehead atoms. The third-order valence-electron chi connectivity index (χ3n) is 5.22. The predicted molar refractivity (Wildman–Crippen MR) is 135 cm³/mol. The van der Waals surface area contributed by atoms with Crippen molar-refractivity contribution >= 4 is 12.0 Å². The lowest BCUT2D eigenvalue weighted by Crippen LogP contribution is -2.45. The number of carbonyl (C=O) groups excluding carboxylic acids is 1. The highest BCUT2D eigenvalue weighted by atomic mass is 19.1. The van der Waals surface area contributed by atoms with Crippen molar-refractivity contribution in [1.82, 2.24) is 10.2 Å². The van der Waals surface area contributed by atoms with Gasteiger partial charge < -0.3 is 29.5 Å². The molecular weight excluding hydrogens is 467 g/mol. The van der Waals surface area contributed by atoms with Crippen LogP contribution in [0.1, 0.15) is 38.3 Å². The van der Waals surface area contributed by atoms with Crippen LogP contribution >= 0.6 is 0 Å². The summed E-state index contributed by atoms with van der Waals surface area (Å²) in [6, 6.07) is 13.2. The lowest BCUT2D eigenvalue weighted by molar-refractivity contribution is -0.149. The maximum atomic E-state index is 13.0. The molecule has 2 aromatic rings. The molecule has 0 aliphatic carbocycles. The lowest BCUT2D eigenvalue weighted by Gasteiger charge is -2.24. The molecule has 0 aliphatic rings. The van der Waals surface area contributed by atoms with Crippen molar-refractivity contribution in [3.05, 3.63) is 65.5 Å². The Morgan fingerprint density at radius 1 is 1.00 bits per heavy atom. The van der Waals surface area contributed by atoms with E-state index in [-0.39, 0.29) is 24.3 Å². The van der Waals surface area contributed by atoms with Gasteiger partial charge in [0.25, 0.3) is 0 Å². The fourth-order valence-corrected chi connectivity index (χ4v) is 3.41. The predicted octanol–water partition coefficient (Wildman–Crippen LogP) is 4.26. The van der Waals surface area contributed by atoms with Gasteiger partial charge in [-0.05, 0) is 62.6 Å². The summed E-state index contributed by atoms with van der Waals surface area (Å²) in [4.78, 5) is 25.5. The molecule has 36 heavy (non-hydrogen) atoms. The molecule has 2 N–H and O–H groups in total. The van der Waals surface area contributed by atoms with Crippen LogP contribution in [0.3, 0.4) is 0 Å². The minimum absolute atomic E-state index is 0.00880. The molecule has 0 spiro atoms. The van der Waals surface area contributed by atoms with Gasteiger partial charge in [-0.15, -0.1) is 0 Å². The summed E-state index contributed by atoms with van der Waals surface area (Å²) in [6.07, 6.45) is 0.0383. The molecule has 198 valence electrons. The van der Waals surface area contributed by atoms with Crippen LogP contribution in [0.15, 0.2) is 48.5 Å². The number of amides is 2. The molecule has 8 nitrogen and oxygen atoms in total. The Hall–Kier alpha value is -3.17. The Morgan fingerprint density at radius 3 is 2.28 bits per heavy atom. The standard InChI is InChI=1S/C27H37FN2O6/c1-4-35-25(26(31)32)18-21-8-12-24(13-9-21)36-17-15-30(27(33)29-20(2)3)14-5-16-34-19-22-6-10-23(28)11-7-22/h6-13,20,25H,4-5,14-19H2,1-3H3,(H,29,33)(H,31,32). The largest absolute Gasteiger partial charge is 0.492 e. The second-order valence-electron chi connectivity index (χ2n) is 8.60. The van der Waals surface area contributed by atoms with Crippen LogP contribution in [-0.2, 0) is 27.3 Å². The van der Waals surface area contributed by atoms with E-state index in [1.807, 2.05) is 26.0 Å². The van der Waals surface area contributed by atoms with Gasteiger partial charge in [-0.3, -0.25) is 0 Å². The molecule has 2 rings (SSSR count). The molecule has 0 radical (unpaired) electrons. The first kappa shape index (κ1) is 29.1. The molecule has 0 saturated carbocycles. The van der Waals surface area contributed by atoms with Crippen molar-refractivity contribution in [1.29, 1.82) is 0 Å². The molecular formula is C27H37FN2O6. The number of urea groups is 1. The van der Waals surface area contributed by atoms with Gasteiger partial charge in [-0.25, -0.2) is 14.0 Å². The number of hydrogen-bond donors (Lipinski definition) is 2. The molecule has 0 fully saturated rings. The van der Waals surface area contributed by atoms with E-state index in [0.29, 0.717) is 51.7 Å². The Kier molecular flexibility index (Phi) is 12.7. The van der Waals surface area contributed by atoms with E-state index in [0.717, 1.165) is 11.1 Å².